The summed E-state index contributed by atoms with van der Waals surface area (Å²) in [5, 5.41) is 16.9. The van der Waals surface area contributed by atoms with Gasteiger partial charge in [0.15, 0.2) is 5.96 Å². The van der Waals surface area contributed by atoms with Crippen molar-refractivity contribution >= 4 is 5.96 Å². The molecule has 8 nitrogen and oxygen atoms in total. The summed E-state index contributed by atoms with van der Waals surface area (Å²) in [7, 11) is 4.76. The van der Waals surface area contributed by atoms with Gasteiger partial charge < -0.3 is 34.4 Å². The van der Waals surface area contributed by atoms with Gasteiger partial charge in [0, 0.05) is 18.7 Å². The molecule has 1 atom stereocenters. The molecule has 1 unspecified atom stereocenters. The second-order valence-electron chi connectivity index (χ2n) is 6.31. The fraction of sp³-hybridized carbons (Fsp3) is 0.450. The van der Waals surface area contributed by atoms with Crippen LogP contribution in [0.15, 0.2) is 39.9 Å². The van der Waals surface area contributed by atoms with Crippen molar-refractivity contribution < 1.29 is 23.7 Å². The SMILES string of the molecule is CCNC(=NCc1c(OC)cc(OC)cc1OC)NCC(C)(O)c1ccco1. The summed E-state index contributed by atoms with van der Waals surface area (Å²) in [6, 6.07) is 7.05. The number of hydrogen-bond donors (Lipinski definition) is 3. The van der Waals surface area contributed by atoms with Gasteiger partial charge in [0.2, 0.25) is 0 Å². The molecule has 0 spiro atoms. The van der Waals surface area contributed by atoms with E-state index in [9.17, 15) is 5.11 Å². The largest absolute Gasteiger partial charge is 0.496 e. The monoisotopic (exact) mass is 391 g/mol. The summed E-state index contributed by atoms with van der Waals surface area (Å²) in [5.41, 5.74) is -0.379. The van der Waals surface area contributed by atoms with Crippen LogP contribution in [0.4, 0.5) is 0 Å². The van der Waals surface area contributed by atoms with Crippen molar-refractivity contribution in [3.63, 3.8) is 0 Å². The Hall–Kier alpha value is -2.87. The van der Waals surface area contributed by atoms with Gasteiger partial charge in [-0.3, -0.25) is 0 Å². The van der Waals surface area contributed by atoms with E-state index in [4.69, 9.17) is 18.6 Å². The molecule has 0 bridgehead atoms. The Kier molecular flexibility index (Phi) is 7.57. The third kappa shape index (κ3) is 5.32. The van der Waals surface area contributed by atoms with Crippen LogP contribution >= 0.6 is 0 Å². The number of aliphatic imine (C=N–C) groups is 1. The Labute approximate surface area is 165 Å². The highest BCUT2D eigenvalue weighted by atomic mass is 16.5. The number of hydrogen-bond acceptors (Lipinski definition) is 6. The van der Waals surface area contributed by atoms with Crippen LogP contribution in [0.1, 0.15) is 25.2 Å². The topological polar surface area (TPSA) is 97.5 Å². The lowest BCUT2D eigenvalue weighted by atomic mass is 10.0. The number of nitrogens with zero attached hydrogens (tertiary/aromatic N) is 1. The highest BCUT2D eigenvalue weighted by Crippen LogP contribution is 2.34. The van der Waals surface area contributed by atoms with Crippen molar-refractivity contribution in [3.05, 3.63) is 41.9 Å². The zero-order chi connectivity index (χ0) is 20.6. The molecule has 8 heteroatoms. The Morgan fingerprint density at radius 1 is 1.14 bits per heavy atom. The van der Waals surface area contributed by atoms with Gasteiger partial charge in [-0.15, -0.1) is 0 Å². The molecule has 1 aromatic carbocycles. The Morgan fingerprint density at radius 2 is 1.82 bits per heavy atom. The fourth-order valence-electron chi connectivity index (χ4n) is 2.66. The average molecular weight is 391 g/mol. The number of methoxy groups -OCH3 is 3. The van der Waals surface area contributed by atoms with E-state index in [1.165, 1.54) is 6.26 Å². The van der Waals surface area contributed by atoms with Crippen molar-refractivity contribution in [2.45, 2.75) is 26.0 Å². The fourth-order valence-corrected chi connectivity index (χ4v) is 2.66. The third-order valence-corrected chi connectivity index (χ3v) is 4.21. The van der Waals surface area contributed by atoms with E-state index < -0.39 is 5.60 Å². The highest BCUT2D eigenvalue weighted by Gasteiger charge is 2.26. The highest BCUT2D eigenvalue weighted by molar-refractivity contribution is 5.80. The lowest BCUT2D eigenvalue weighted by Crippen LogP contribution is -2.44. The molecule has 1 aromatic heterocycles. The summed E-state index contributed by atoms with van der Waals surface area (Å²) in [6.07, 6.45) is 1.53. The standard InChI is InChI=1S/C20H29N3O5/c1-6-21-19(23-13-20(2,24)18-8-7-9-28-18)22-12-15-16(26-4)10-14(25-3)11-17(15)27-5/h7-11,24H,6,12-13H2,1-5H3,(H2,21,22,23). The first-order valence-corrected chi connectivity index (χ1v) is 9.02. The first-order valence-electron chi connectivity index (χ1n) is 9.02. The van der Waals surface area contributed by atoms with Crippen molar-refractivity contribution in [1.29, 1.82) is 0 Å². The van der Waals surface area contributed by atoms with Gasteiger partial charge >= 0.3 is 0 Å². The van der Waals surface area contributed by atoms with Crippen LogP contribution in [0, 0.1) is 0 Å². The molecule has 3 N–H and O–H groups in total. The molecular formula is C20H29N3O5. The third-order valence-electron chi connectivity index (χ3n) is 4.21. The normalized spacial score (nSPS) is 13.6. The van der Waals surface area contributed by atoms with Gasteiger partial charge in [-0.1, -0.05) is 0 Å². The van der Waals surface area contributed by atoms with E-state index in [0.717, 1.165) is 5.56 Å². The first kappa shape index (κ1) is 21.4. The molecule has 0 radical (unpaired) electrons. The van der Waals surface area contributed by atoms with Crippen LogP contribution in [-0.2, 0) is 12.1 Å². The number of aliphatic hydroxyl groups is 1. The number of ether oxygens (including phenoxy) is 3. The lowest BCUT2D eigenvalue weighted by Gasteiger charge is -2.23. The van der Waals surface area contributed by atoms with Gasteiger partial charge in [-0.25, -0.2) is 4.99 Å². The van der Waals surface area contributed by atoms with Gasteiger partial charge in [0.05, 0.1) is 46.2 Å². The molecule has 2 aromatic rings. The molecule has 0 saturated heterocycles. The Balaban J connectivity index is 2.18. The van der Waals surface area contributed by atoms with Crippen LogP contribution in [-0.4, -0.2) is 45.5 Å². The average Bonchev–Trinajstić information content (AvgIpc) is 3.25. The lowest BCUT2D eigenvalue weighted by molar-refractivity contribution is 0.0386. The number of benzene rings is 1. The van der Waals surface area contributed by atoms with Gasteiger partial charge in [0.25, 0.3) is 0 Å². The maximum atomic E-state index is 10.6. The predicted octanol–water partition coefficient (Wildman–Crippen LogP) is 2.27. The number of guanidine groups is 1. The minimum absolute atomic E-state index is 0.225. The Bertz CT molecular complexity index is 747. The van der Waals surface area contributed by atoms with Crippen molar-refractivity contribution in [3.8, 4) is 17.2 Å². The van der Waals surface area contributed by atoms with Gasteiger partial charge in [-0.2, -0.15) is 0 Å². The molecular weight excluding hydrogens is 362 g/mol. The second-order valence-corrected chi connectivity index (χ2v) is 6.31. The van der Waals surface area contributed by atoms with Crippen LogP contribution < -0.4 is 24.8 Å². The molecule has 28 heavy (non-hydrogen) atoms. The van der Waals surface area contributed by atoms with Crippen molar-refractivity contribution in [2.75, 3.05) is 34.4 Å². The molecule has 0 saturated carbocycles. The summed E-state index contributed by atoms with van der Waals surface area (Å²) < 4.78 is 21.5. The maximum absolute atomic E-state index is 10.6. The molecule has 0 aliphatic heterocycles. The minimum Gasteiger partial charge on any atom is -0.496 e. The number of nitrogens with one attached hydrogen (secondary N) is 2. The summed E-state index contributed by atoms with van der Waals surface area (Å²) in [4.78, 5) is 4.59. The van der Waals surface area contributed by atoms with Crippen LogP contribution in [0.5, 0.6) is 17.2 Å². The van der Waals surface area contributed by atoms with E-state index in [2.05, 4.69) is 15.6 Å². The zero-order valence-electron chi connectivity index (χ0n) is 17.0. The van der Waals surface area contributed by atoms with Gasteiger partial charge in [0.1, 0.15) is 28.6 Å². The number of rotatable bonds is 9. The van der Waals surface area contributed by atoms with E-state index in [-0.39, 0.29) is 6.54 Å². The van der Waals surface area contributed by atoms with E-state index in [1.54, 1.807) is 52.5 Å². The number of furan rings is 1. The van der Waals surface area contributed by atoms with Gasteiger partial charge in [-0.05, 0) is 26.0 Å². The van der Waals surface area contributed by atoms with E-state index >= 15 is 0 Å². The quantitative estimate of drug-likeness (QED) is 0.446. The van der Waals surface area contributed by atoms with Crippen LogP contribution in [0.2, 0.25) is 0 Å². The molecule has 0 fully saturated rings. The molecule has 0 aliphatic carbocycles. The molecule has 2 rings (SSSR count). The predicted molar refractivity (Wildman–Crippen MR) is 107 cm³/mol. The summed E-state index contributed by atoms with van der Waals surface area (Å²) in [6.45, 7) is 4.86. The Morgan fingerprint density at radius 3 is 2.32 bits per heavy atom. The molecule has 0 amide bonds. The molecule has 0 aliphatic rings. The summed E-state index contributed by atoms with van der Waals surface area (Å²) in [5.74, 6) is 2.92. The van der Waals surface area contributed by atoms with Crippen molar-refractivity contribution in [1.82, 2.24) is 10.6 Å². The molecule has 1 heterocycles. The zero-order valence-corrected chi connectivity index (χ0v) is 17.0. The smallest absolute Gasteiger partial charge is 0.191 e. The van der Waals surface area contributed by atoms with Crippen LogP contribution in [0.3, 0.4) is 0 Å². The second kappa shape index (κ2) is 9.89. The van der Waals surface area contributed by atoms with E-state index in [0.29, 0.717) is 42.1 Å². The van der Waals surface area contributed by atoms with Crippen molar-refractivity contribution in [2.24, 2.45) is 4.99 Å². The van der Waals surface area contributed by atoms with Crippen LogP contribution in [0.25, 0.3) is 0 Å². The van der Waals surface area contributed by atoms with E-state index in [1.807, 2.05) is 6.92 Å². The maximum Gasteiger partial charge on any atom is 0.191 e. The summed E-state index contributed by atoms with van der Waals surface area (Å²) >= 11 is 0. The molecule has 154 valence electrons. The first-order chi connectivity index (χ1) is 13.4. The minimum atomic E-state index is -1.17.